The van der Waals surface area contributed by atoms with Crippen LogP contribution in [0.5, 0.6) is 5.75 Å². The van der Waals surface area contributed by atoms with Crippen LogP contribution in [0.2, 0.25) is 0 Å². The van der Waals surface area contributed by atoms with Gasteiger partial charge in [0.25, 0.3) is 5.91 Å². The third kappa shape index (κ3) is 4.43. The number of ether oxygens (including phenoxy) is 1. The first-order valence-corrected chi connectivity index (χ1v) is 10.3. The maximum Gasteiger partial charge on any atom is 0.256 e. The van der Waals surface area contributed by atoms with E-state index in [4.69, 9.17) is 4.74 Å². The minimum atomic E-state index is -0.644. The van der Waals surface area contributed by atoms with Crippen LogP contribution in [0.1, 0.15) is 21.5 Å². The minimum Gasteiger partial charge on any atom is -0.492 e. The van der Waals surface area contributed by atoms with Crippen molar-refractivity contribution in [2.45, 2.75) is 6.54 Å². The first-order valence-electron chi connectivity index (χ1n) is 10.3. The molecule has 2 N–H and O–H groups in total. The standard InChI is InChI=1S/C26H26FN3O3/c1-6-8-17(7-2)18-11-9-16(10-12-18)14-30-15-20(26(32)29-4)24(31)19-13-21(27)22(28-3)25(33-5)23(19)30/h6-13,15,28H,1-2,14H2,3-5H3,(H,29,32)/b17-8+. The molecule has 170 valence electrons. The van der Waals surface area contributed by atoms with Crippen LogP contribution in [0.4, 0.5) is 10.1 Å². The van der Waals surface area contributed by atoms with Crippen LogP contribution in [0.15, 0.2) is 72.7 Å². The Labute approximate surface area is 191 Å². The fraction of sp³-hybridized carbons (Fsp3) is 0.154. The van der Waals surface area contributed by atoms with E-state index in [-0.39, 0.29) is 22.4 Å². The minimum absolute atomic E-state index is 0.0592. The smallest absolute Gasteiger partial charge is 0.256 e. The number of nitrogens with zero attached hydrogens (tertiary/aromatic N) is 1. The fourth-order valence-corrected chi connectivity index (χ4v) is 3.76. The number of allylic oxidation sites excluding steroid dienone is 4. The molecule has 1 amide bonds. The molecule has 0 fully saturated rings. The lowest BCUT2D eigenvalue weighted by molar-refractivity contribution is 0.0961. The average molecular weight is 448 g/mol. The second kappa shape index (κ2) is 9.99. The van der Waals surface area contributed by atoms with E-state index in [1.807, 2.05) is 30.3 Å². The second-order valence-corrected chi connectivity index (χ2v) is 7.25. The number of hydrogen-bond acceptors (Lipinski definition) is 4. The van der Waals surface area contributed by atoms with Gasteiger partial charge in [-0.2, -0.15) is 0 Å². The summed E-state index contributed by atoms with van der Waals surface area (Å²) in [6.07, 6.45) is 6.79. The maximum atomic E-state index is 14.7. The summed E-state index contributed by atoms with van der Waals surface area (Å²) in [5, 5.41) is 5.31. The van der Waals surface area contributed by atoms with Crippen LogP contribution in [0.25, 0.3) is 16.5 Å². The molecule has 0 bridgehead atoms. The van der Waals surface area contributed by atoms with Crippen molar-refractivity contribution in [3.63, 3.8) is 0 Å². The number of anilines is 1. The quantitative estimate of drug-likeness (QED) is 0.504. The molecule has 3 aromatic rings. The molecule has 0 aliphatic rings. The Kier molecular flexibility index (Phi) is 7.13. The van der Waals surface area contributed by atoms with Crippen molar-refractivity contribution < 1.29 is 13.9 Å². The highest BCUT2D eigenvalue weighted by Crippen LogP contribution is 2.35. The van der Waals surface area contributed by atoms with Crippen LogP contribution < -0.4 is 20.8 Å². The third-order valence-electron chi connectivity index (χ3n) is 5.35. The molecule has 0 atom stereocenters. The normalized spacial score (nSPS) is 11.2. The maximum absolute atomic E-state index is 14.7. The summed E-state index contributed by atoms with van der Waals surface area (Å²) in [7, 11) is 4.42. The lowest BCUT2D eigenvalue weighted by Crippen LogP contribution is -2.27. The number of carbonyl (C=O) groups excluding carboxylic acids is 1. The van der Waals surface area contributed by atoms with E-state index in [1.165, 1.54) is 20.4 Å². The SMILES string of the molecule is C=C/C=C(\C=C)c1ccc(Cn2cc(C(=O)NC)c(=O)c3cc(F)c(NC)c(OC)c32)cc1. The number of fused-ring (bicyclic) bond motifs is 1. The Balaban J connectivity index is 2.24. The number of methoxy groups -OCH3 is 1. The number of halogens is 1. The van der Waals surface area contributed by atoms with Crippen molar-refractivity contribution in [3.05, 3.63) is 101 Å². The topological polar surface area (TPSA) is 72.4 Å². The first kappa shape index (κ1) is 23.5. The van der Waals surface area contributed by atoms with Gasteiger partial charge < -0.3 is 19.9 Å². The third-order valence-corrected chi connectivity index (χ3v) is 5.35. The number of rotatable bonds is 8. The highest BCUT2D eigenvalue weighted by molar-refractivity contribution is 5.99. The molecule has 0 saturated heterocycles. The van der Waals surface area contributed by atoms with Gasteiger partial charge in [-0.3, -0.25) is 9.59 Å². The van der Waals surface area contributed by atoms with Gasteiger partial charge in [0.2, 0.25) is 5.43 Å². The Morgan fingerprint density at radius 1 is 1.21 bits per heavy atom. The molecule has 7 heteroatoms. The molecule has 1 aromatic heterocycles. The number of benzene rings is 2. The highest BCUT2D eigenvalue weighted by Gasteiger charge is 2.22. The molecule has 0 aliphatic carbocycles. The monoisotopic (exact) mass is 447 g/mol. The fourth-order valence-electron chi connectivity index (χ4n) is 3.76. The van der Waals surface area contributed by atoms with E-state index in [0.717, 1.165) is 22.8 Å². The van der Waals surface area contributed by atoms with E-state index in [2.05, 4.69) is 23.8 Å². The molecule has 3 rings (SSSR count). The zero-order valence-corrected chi connectivity index (χ0v) is 18.9. The van der Waals surface area contributed by atoms with Crippen molar-refractivity contribution >= 4 is 28.1 Å². The summed E-state index contributed by atoms with van der Waals surface area (Å²) in [5.41, 5.74) is 2.69. The van der Waals surface area contributed by atoms with Gasteiger partial charge in [-0.15, -0.1) is 0 Å². The van der Waals surface area contributed by atoms with Crippen molar-refractivity contribution in [2.75, 3.05) is 26.5 Å². The number of pyridine rings is 1. The van der Waals surface area contributed by atoms with E-state index in [0.29, 0.717) is 12.1 Å². The van der Waals surface area contributed by atoms with Gasteiger partial charge in [0.05, 0.1) is 18.0 Å². The highest BCUT2D eigenvalue weighted by atomic mass is 19.1. The lowest BCUT2D eigenvalue weighted by Gasteiger charge is -2.19. The van der Waals surface area contributed by atoms with E-state index < -0.39 is 17.2 Å². The molecule has 0 radical (unpaired) electrons. The summed E-state index contributed by atoms with van der Waals surface area (Å²) in [4.78, 5) is 25.4. The molecule has 2 aromatic carbocycles. The lowest BCUT2D eigenvalue weighted by atomic mass is 10.0. The number of nitrogens with one attached hydrogen (secondary N) is 2. The van der Waals surface area contributed by atoms with Gasteiger partial charge in [0, 0.05) is 26.8 Å². The van der Waals surface area contributed by atoms with E-state index >= 15 is 0 Å². The molecular formula is C26H26FN3O3. The van der Waals surface area contributed by atoms with Gasteiger partial charge in [0.1, 0.15) is 11.3 Å². The zero-order chi connectivity index (χ0) is 24.1. The van der Waals surface area contributed by atoms with Gasteiger partial charge in [-0.1, -0.05) is 55.7 Å². The number of carbonyl (C=O) groups is 1. The molecule has 0 spiro atoms. The van der Waals surface area contributed by atoms with Gasteiger partial charge in [-0.05, 0) is 22.8 Å². The Morgan fingerprint density at radius 3 is 2.45 bits per heavy atom. The largest absolute Gasteiger partial charge is 0.492 e. The van der Waals surface area contributed by atoms with E-state index in [1.54, 1.807) is 23.8 Å². The number of amides is 1. The number of hydrogen-bond donors (Lipinski definition) is 2. The molecule has 33 heavy (non-hydrogen) atoms. The van der Waals surface area contributed by atoms with Gasteiger partial charge >= 0.3 is 0 Å². The Hall–Kier alpha value is -4.13. The summed E-state index contributed by atoms with van der Waals surface area (Å²) < 4.78 is 21.9. The molecule has 0 saturated carbocycles. The Morgan fingerprint density at radius 2 is 1.91 bits per heavy atom. The zero-order valence-electron chi connectivity index (χ0n) is 18.9. The summed E-state index contributed by atoms with van der Waals surface area (Å²) in [6.45, 7) is 7.87. The van der Waals surface area contributed by atoms with Crippen LogP contribution in [0, 0.1) is 5.82 Å². The van der Waals surface area contributed by atoms with Crippen LogP contribution in [0.3, 0.4) is 0 Å². The average Bonchev–Trinajstić information content (AvgIpc) is 2.83. The summed E-state index contributed by atoms with van der Waals surface area (Å²) in [5.74, 6) is -1.00. The first-order chi connectivity index (χ1) is 15.9. The van der Waals surface area contributed by atoms with Crippen LogP contribution in [-0.2, 0) is 6.54 Å². The molecular weight excluding hydrogens is 421 g/mol. The number of aromatic nitrogens is 1. The molecule has 0 unspecified atom stereocenters. The van der Waals surface area contributed by atoms with E-state index in [9.17, 15) is 14.0 Å². The molecule has 1 heterocycles. The van der Waals surface area contributed by atoms with Gasteiger partial charge in [0.15, 0.2) is 11.6 Å². The predicted molar refractivity (Wildman–Crippen MR) is 132 cm³/mol. The van der Waals surface area contributed by atoms with Crippen LogP contribution in [-0.4, -0.2) is 31.7 Å². The second-order valence-electron chi connectivity index (χ2n) is 7.25. The van der Waals surface area contributed by atoms with Crippen molar-refractivity contribution in [1.29, 1.82) is 0 Å². The van der Waals surface area contributed by atoms with Crippen molar-refractivity contribution in [1.82, 2.24) is 9.88 Å². The predicted octanol–water partition coefficient (Wildman–Crippen LogP) is 4.35. The Bertz CT molecular complexity index is 1320. The summed E-state index contributed by atoms with van der Waals surface area (Å²) >= 11 is 0. The van der Waals surface area contributed by atoms with Gasteiger partial charge in [-0.25, -0.2) is 4.39 Å². The van der Waals surface area contributed by atoms with Crippen molar-refractivity contribution in [3.8, 4) is 5.75 Å². The van der Waals surface area contributed by atoms with Crippen molar-refractivity contribution in [2.24, 2.45) is 0 Å². The summed E-state index contributed by atoms with van der Waals surface area (Å²) in [6, 6.07) is 8.91. The molecule has 6 nitrogen and oxygen atoms in total. The van der Waals surface area contributed by atoms with Crippen LogP contribution >= 0.6 is 0 Å². The molecule has 0 aliphatic heterocycles.